The topological polar surface area (TPSA) is 69.7 Å². The number of benzene rings is 2. The van der Waals surface area contributed by atoms with Crippen molar-refractivity contribution < 1.29 is 13.2 Å². The van der Waals surface area contributed by atoms with Crippen molar-refractivity contribution in [3.8, 4) is 0 Å². The Bertz CT molecular complexity index is 967. The summed E-state index contributed by atoms with van der Waals surface area (Å²) >= 11 is 0. The summed E-state index contributed by atoms with van der Waals surface area (Å²) in [7, 11) is -3.43. The fourth-order valence-corrected chi connectivity index (χ4v) is 5.53. The Kier molecular flexibility index (Phi) is 5.12. The fraction of sp³-hybridized carbons (Fsp3) is 0.381. The lowest BCUT2D eigenvalue weighted by atomic mass is 10.1. The van der Waals surface area contributed by atoms with Gasteiger partial charge in [0.1, 0.15) is 0 Å². The van der Waals surface area contributed by atoms with Gasteiger partial charge in [-0.3, -0.25) is 4.79 Å². The molecule has 1 atom stereocenters. The molecule has 7 heteroatoms. The van der Waals surface area contributed by atoms with Crippen LogP contribution in [0, 0.1) is 0 Å². The minimum absolute atomic E-state index is 0.112. The predicted octanol–water partition coefficient (Wildman–Crippen LogP) is 2.86. The van der Waals surface area contributed by atoms with E-state index in [4.69, 9.17) is 0 Å². The third-order valence-corrected chi connectivity index (χ3v) is 7.42. The number of amides is 1. The molecule has 4 rings (SSSR count). The zero-order valence-electron chi connectivity index (χ0n) is 16.0. The molecule has 0 saturated carbocycles. The average Bonchev–Trinajstić information content (AvgIpc) is 3.32. The first-order chi connectivity index (χ1) is 13.4. The fourth-order valence-electron chi connectivity index (χ4n) is 4.01. The van der Waals surface area contributed by atoms with Crippen LogP contribution in [-0.2, 0) is 21.2 Å². The lowest BCUT2D eigenvalue weighted by Gasteiger charge is -2.24. The van der Waals surface area contributed by atoms with E-state index in [9.17, 15) is 13.2 Å². The Balaban J connectivity index is 1.41. The molecule has 1 saturated heterocycles. The molecule has 0 unspecified atom stereocenters. The molecule has 1 amide bonds. The van der Waals surface area contributed by atoms with Gasteiger partial charge in [0.05, 0.1) is 11.4 Å². The number of sulfonamides is 1. The SMILES string of the molecule is C[C@@H]1Cc2ccccc2N1CC(=O)Nc1ccc(S(=O)(=O)N2CCCC2)cc1. The maximum atomic E-state index is 12.6. The Morgan fingerprint density at radius 1 is 1.07 bits per heavy atom. The molecule has 0 aromatic heterocycles. The van der Waals surface area contributed by atoms with E-state index >= 15 is 0 Å². The van der Waals surface area contributed by atoms with Crippen LogP contribution in [0.5, 0.6) is 0 Å². The van der Waals surface area contributed by atoms with Crippen molar-refractivity contribution in [2.75, 3.05) is 29.9 Å². The van der Waals surface area contributed by atoms with E-state index in [1.54, 1.807) is 24.3 Å². The molecule has 2 aromatic rings. The number of carbonyl (C=O) groups is 1. The lowest BCUT2D eigenvalue weighted by molar-refractivity contribution is -0.115. The summed E-state index contributed by atoms with van der Waals surface area (Å²) in [5.41, 5.74) is 2.97. The molecule has 1 fully saturated rings. The molecule has 2 heterocycles. The number of rotatable bonds is 5. The first-order valence-electron chi connectivity index (χ1n) is 9.70. The molecule has 148 valence electrons. The number of anilines is 2. The molecular weight excluding hydrogens is 374 g/mol. The van der Waals surface area contributed by atoms with Crippen LogP contribution in [-0.4, -0.2) is 44.3 Å². The maximum Gasteiger partial charge on any atom is 0.243 e. The third-order valence-electron chi connectivity index (χ3n) is 5.50. The molecule has 6 nitrogen and oxygen atoms in total. The molecule has 2 aliphatic heterocycles. The first kappa shape index (κ1) is 19.0. The summed E-state index contributed by atoms with van der Waals surface area (Å²) in [4.78, 5) is 14.9. The normalized spacial score (nSPS) is 19.6. The van der Waals surface area contributed by atoms with Crippen LogP contribution in [0.15, 0.2) is 53.4 Å². The zero-order valence-corrected chi connectivity index (χ0v) is 16.8. The van der Waals surface area contributed by atoms with Gasteiger partial charge in [0.25, 0.3) is 0 Å². The first-order valence-corrected chi connectivity index (χ1v) is 11.1. The van der Waals surface area contributed by atoms with Crippen molar-refractivity contribution in [2.45, 2.75) is 37.1 Å². The minimum Gasteiger partial charge on any atom is -0.359 e. The van der Waals surface area contributed by atoms with Crippen LogP contribution >= 0.6 is 0 Å². The van der Waals surface area contributed by atoms with E-state index in [1.165, 1.54) is 9.87 Å². The number of nitrogens with one attached hydrogen (secondary N) is 1. The summed E-state index contributed by atoms with van der Waals surface area (Å²) in [5.74, 6) is -0.112. The van der Waals surface area contributed by atoms with E-state index in [1.807, 2.05) is 18.2 Å². The Labute approximate surface area is 166 Å². The standard InChI is InChI=1S/C21H25N3O3S/c1-16-14-17-6-2-3-7-20(17)24(16)15-21(25)22-18-8-10-19(11-9-18)28(26,27)23-12-4-5-13-23/h2-3,6-11,16H,4-5,12-15H2,1H3,(H,22,25)/t16-/m1/s1. The smallest absolute Gasteiger partial charge is 0.243 e. The molecule has 0 aliphatic carbocycles. The molecule has 0 radical (unpaired) electrons. The van der Waals surface area contributed by atoms with Crippen LogP contribution in [0.4, 0.5) is 11.4 Å². The highest BCUT2D eigenvalue weighted by molar-refractivity contribution is 7.89. The second-order valence-electron chi connectivity index (χ2n) is 7.49. The predicted molar refractivity (Wildman–Crippen MR) is 110 cm³/mol. The average molecular weight is 400 g/mol. The van der Waals surface area contributed by atoms with Gasteiger partial charge in [-0.05, 0) is 62.1 Å². The second-order valence-corrected chi connectivity index (χ2v) is 9.43. The van der Waals surface area contributed by atoms with Gasteiger partial charge in [0.2, 0.25) is 15.9 Å². The second kappa shape index (κ2) is 7.56. The maximum absolute atomic E-state index is 12.6. The van der Waals surface area contributed by atoms with Gasteiger partial charge in [-0.2, -0.15) is 4.31 Å². The summed E-state index contributed by atoms with van der Waals surface area (Å²) in [5, 5.41) is 2.88. The highest BCUT2D eigenvalue weighted by atomic mass is 32.2. The number of carbonyl (C=O) groups excluding carboxylic acids is 1. The number of para-hydroxylation sites is 1. The van der Waals surface area contributed by atoms with Crippen molar-refractivity contribution in [3.05, 3.63) is 54.1 Å². The highest BCUT2D eigenvalue weighted by Gasteiger charge is 2.28. The van der Waals surface area contributed by atoms with Crippen molar-refractivity contribution >= 4 is 27.3 Å². The van der Waals surface area contributed by atoms with Crippen LogP contribution in [0.1, 0.15) is 25.3 Å². The van der Waals surface area contributed by atoms with Crippen LogP contribution in [0.2, 0.25) is 0 Å². The van der Waals surface area contributed by atoms with Crippen molar-refractivity contribution in [1.82, 2.24) is 4.31 Å². The number of hydrogen-bond donors (Lipinski definition) is 1. The van der Waals surface area contributed by atoms with E-state index in [0.717, 1.165) is 24.9 Å². The van der Waals surface area contributed by atoms with Gasteiger partial charge in [-0.1, -0.05) is 18.2 Å². The van der Waals surface area contributed by atoms with Crippen molar-refractivity contribution in [1.29, 1.82) is 0 Å². The Morgan fingerprint density at radius 3 is 2.46 bits per heavy atom. The van der Waals surface area contributed by atoms with E-state index in [0.29, 0.717) is 18.8 Å². The van der Waals surface area contributed by atoms with E-state index in [-0.39, 0.29) is 23.4 Å². The lowest BCUT2D eigenvalue weighted by Crippen LogP contribution is -2.37. The third kappa shape index (κ3) is 3.64. The monoisotopic (exact) mass is 399 g/mol. The molecule has 1 N–H and O–H groups in total. The summed E-state index contributed by atoms with van der Waals surface area (Å²) in [6, 6.07) is 14.9. The van der Waals surface area contributed by atoms with E-state index < -0.39 is 10.0 Å². The minimum atomic E-state index is -3.43. The number of fused-ring (bicyclic) bond motifs is 1. The van der Waals surface area contributed by atoms with Crippen LogP contribution < -0.4 is 10.2 Å². The van der Waals surface area contributed by atoms with Gasteiger partial charge >= 0.3 is 0 Å². The zero-order chi connectivity index (χ0) is 19.7. The molecule has 0 spiro atoms. The van der Waals surface area contributed by atoms with Gasteiger partial charge in [-0.25, -0.2) is 8.42 Å². The molecule has 2 aliphatic rings. The van der Waals surface area contributed by atoms with Gasteiger partial charge in [0, 0.05) is 30.5 Å². The van der Waals surface area contributed by atoms with E-state index in [2.05, 4.69) is 23.2 Å². The summed E-state index contributed by atoms with van der Waals surface area (Å²) < 4.78 is 26.7. The highest BCUT2D eigenvalue weighted by Crippen LogP contribution is 2.31. The van der Waals surface area contributed by atoms with Crippen molar-refractivity contribution in [2.24, 2.45) is 0 Å². The summed E-state index contributed by atoms with van der Waals surface area (Å²) in [6.07, 6.45) is 2.75. The Hall–Kier alpha value is -2.38. The molecule has 0 bridgehead atoms. The van der Waals surface area contributed by atoms with Crippen LogP contribution in [0.3, 0.4) is 0 Å². The molecule has 2 aromatic carbocycles. The molecular formula is C21H25N3O3S. The van der Waals surface area contributed by atoms with Gasteiger partial charge in [-0.15, -0.1) is 0 Å². The number of nitrogens with zero attached hydrogens (tertiary/aromatic N) is 2. The summed E-state index contributed by atoms with van der Waals surface area (Å²) in [6.45, 7) is 3.55. The largest absolute Gasteiger partial charge is 0.359 e. The van der Waals surface area contributed by atoms with Gasteiger partial charge < -0.3 is 10.2 Å². The van der Waals surface area contributed by atoms with Gasteiger partial charge in [0.15, 0.2) is 0 Å². The van der Waals surface area contributed by atoms with Crippen molar-refractivity contribution in [3.63, 3.8) is 0 Å². The quantitative estimate of drug-likeness (QED) is 0.839. The van der Waals surface area contributed by atoms with Crippen LogP contribution in [0.25, 0.3) is 0 Å². The number of hydrogen-bond acceptors (Lipinski definition) is 4. The Morgan fingerprint density at radius 2 is 1.75 bits per heavy atom. The molecule has 28 heavy (non-hydrogen) atoms.